The maximum absolute atomic E-state index is 11.3. The molecule has 0 heterocycles. The first-order chi connectivity index (χ1) is 9.08. The molecule has 0 bridgehead atoms. The molecule has 0 unspecified atom stereocenters. The third-order valence-corrected chi connectivity index (χ3v) is 4.29. The molecule has 1 aromatic carbocycles. The van der Waals surface area contributed by atoms with Crippen LogP contribution in [-0.2, 0) is 11.3 Å². The molecular formula is C16H24N2O. The van der Waals surface area contributed by atoms with Gasteiger partial charge in [0.1, 0.15) is 0 Å². The van der Waals surface area contributed by atoms with E-state index in [9.17, 15) is 4.79 Å². The van der Waals surface area contributed by atoms with Crippen LogP contribution >= 0.6 is 0 Å². The average Bonchev–Trinajstić information content (AvgIpc) is 2.38. The first-order valence-electron chi connectivity index (χ1n) is 7.15. The summed E-state index contributed by atoms with van der Waals surface area (Å²) in [5.74, 6) is -0.0808. The van der Waals surface area contributed by atoms with Gasteiger partial charge in [-0.2, -0.15) is 0 Å². The number of nitrogens with one attached hydrogen (secondary N) is 1. The highest BCUT2D eigenvalue weighted by atomic mass is 16.1. The van der Waals surface area contributed by atoms with E-state index in [0.29, 0.717) is 6.04 Å². The van der Waals surface area contributed by atoms with E-state index in [2.05, 4.69) is 37.4 Å². The van der Waals surface area contributed by atoms with E-state index in [-0.39, 0.29) is 11.8 Å². The molecule has 2 rings (SSSR count). The monoisotopic (exact) mass is 260 g/mol. The van der Waals surface area contributed by atoms with Gasteiger partial charge in [0.2, 0.25) is 5.91 Å². The molecule has 104 valence electrons. The number of amides is 1. The molecule has 3 heteroatoms. The highest BCUT2D eigenvalue weighted by molar-refractivity contribution is 5.76. The lowest BCUT2D eigenvalue weighted by Crippen LogP contribution is -2.38. The minimum atomic E-state index is -0.140. The van der Waals surface area contributed by atoms with Crippen LogP contribution < -0.4 is 11.1 Å². The second-order valence-electron chi connectivity index (χ2n) is 5.71. The number of aryl methyl sites for hydroxylation is 2. The number of benzene rings is 1. The second-order valence-corrected chi connectivity index (χ2v) is 5.71. The number of nitrogens with two attached hydrogens (primary N) is 1. The molecule has 1 aliphatic carbocycles. The molecular weight excluding hydrogens is 236 g/mol. The fourth-order valence-electron chi connectivity index (χ4n) is 3.01. The standard InChI is InChI=1S/C16H24N2O/c1-11-5-3-6-12(2)15(11)10-18-14-8-4-7-13(9-14)16(17)19/h3,5-6,13-14,18H,4,7-10H2,1-2H3,(H2,17,19)/t13-,14-/m0/s1. The highest BCUT2D eigenvalue weighted by Gasteiger charge is 2.25. The van der Waals surface area contributed by atoms with Crippen LogP contribution in [0.1, 0.15) is 42.4 Å². The Labute approximate surface area is 115 Å². The molecule has 1 saturated carbocycles. The minimum absolute atomic E-state index is 0.0595. The van der Waals surface area contributed by atoms with Gasteiger partial charge in [-0.3, -0.25) is 4.79 Å². The van der Waals surface area contributed by atoms with Crippen molar-refractivity contribution in [1.82, 2.24) is 5.32 Å². The zero-order valence-corrected chi connectivity index (χ0v) is 11.9. The Morgan fingerprint density at radius 1 is 1.32 bits per heavy atom. The Morgan fingerprint density at radius 2 is 2.00 bits per heavy atom. The van der Waals surface area contributed by atoms with Crippen molar-refractivity contribution in [3.05, 3.63) is 34.9 Å². The van der Waals surface area contributed by atoms with Gasteiger partial charge in [0.05, 0.1) is 0 Å². The summed E-state index contributed by atoms with van der Waals surface area (Å²) in [6.45, 7) is 5.18. The topological polar surface area (TPSA) is 55.1 Å². The molecule has 0 spiro atoms. The summed E-state index contributed by atoms with van der Waals surface area (Å²) < 4.78 is 0. The Balaban J connectivity index is 1.93. The minimum Gasteiger partial charge on any atom is -0.369 e. The predicted molar refractivity (Wildman–Crippen MR) is 77.7 cm³/mol. The quantitative estimate of drug-likeness (QED) is 0.873. The Hall–Kier alpha value is -1.35. The van der Waals surface area contributed by atoms with E-state index in [4.69, 9.17) is 5.73 Å². The second kappa shape index (κ2) is 6.20. The first kappa shape index (κ1) is 14.1. The van der Waals surface area contributed by atoms with Crippen LogP contribution in [0, 0.1) is 19.8 Å². The van der Waals surface area contributed by atoms with Crippen molar-refractivity contribution in [2.45, 2.75) is 52.1 Å². The number of rotatable bonds is 4. The van der Waals surface area contributed by atoms with Crippen LogP contribution in [0.5, 0.6) is 0 Å². The summed E-state index contributed by atoms with van der Waals surface area (Å²) >= 11 is 0. The number of carbonyl (C=O) groups is 1. The fourth-order valence-corrected chi connectivity index (χ4v) is 3.01. The van der Waals surface area contributed by atoms with Gasteiger partial charge in [-0.25, -0.2) is 0 Å². The highest BCUT2D eigenvalue weighted by Crippen LogP contribution is 2.24. The summed E-state index contributed by atoms with van der Waals surface area (Å²) in [6, 6.07) is 6.82. The van der Waals surface area contributed by atoms with E-state index < -0.39 is 0 Å². The lowest BCUT2D eigenvalue weighted by atomic mass is 9.85. The summed E-state index contributed by atoms with van der Waals surface area (Å²) in [5, 5.41) is 3.60. The number of hydrogen-bond acceptors (Lipinski definition) is 2. The largest absolute Gasteiger partial charge is 0.369 e. The Bertz CT molecular complexity index is 436. The van der Waals surface area contributed by atoms with Crippen LogP contribution in [-0.4, -0.2) is 11.9 Å². The molecule has 3 nitrogen and oxygen atoms in total. The molecule has 0 radical (unpaired) electrons. The van der Waals surface area contributed by atoms with Gasteiger partial charge in [-0.05, 0) is 49.8 Å². The van der Waals surface area contributed by atoms with Gasteiger partial charge >= 0.3 is 0 Å². The zero-order chi connectivity index (χ0) is 13.8. The van der Waals surface area contributed by atoms with E-state index >= 15 is 0 Å². The van der Waals surface area contributed by atoms with Crippen LogP contribution in [0.3, 0.4) is 0 Å². The molecule has 0 aliphatic heterocycles. The van der Waals surface area contributed by atoms with Crippen molar-refractivity contribution in [2.75, 3.05) is 0 Å². The van der Waals surface area contributed by atoms with E-state index in [1.807, 2.05) is 0 Å². The van der Waals surface area contributed by atoms with Crippen molar-refractivity contribution in [3.63, 3.8) is 0 Å². The third kappa shape index (κ3) is 3.57. The molecule has 0 aromatic heterocycles. The van der Waals surface area contributed by atoms with Gasteiger partial charge < -0.3 is 11.1 Å². The Morgan fingerprint density at radius 3 is 2.63 bits per heavy atom. The van der Waals surface area contributed by atoms with Crippen molar-refractivity contribution >= 4 is 5.91 Å². The summed E-state index contributed by atoms with van der Waals surface area (Å²) in [6.07, 6.45) is 4.09. The van der Waals surface area contributed by atoms with Crippen LogP contribution in [0.15, 0.2) is 18.2 Å². The van der Waals surface area contributed by atoms with Gasteiger partial charge in [-0.15, -0.1) is 0 Å². The molecule has 3 N–H and O–H groups in total. The Kier molecular flexibility index (Phi) is 4.59. The lowest BCUT2D eigenvalue weighted by Gasteiger charge is -2.28. The fraction of sp³-hybridized carbons (Fsp3) is 0.562. The lowest BCUT2D eigenvalue weighted by molar-refractivity contribution is -0.122. The number of primary amides is 1. The van der Waals surface area contributed by atoms with Gasteiger partial charge in [0, 0.05) is 18.5 Å². The first-order valence-corrected chi connectivity index (χ1v) is 7.15. The molecule has 2 atom stereocenters. The summed E-state index contributed by atoms with van der Waals surface area (Å²) in [5.41, 5.74) is 9.45. The van der Waals surface area contributed by atoms with Gasteiger partial charge in [0.25, 0.3) is 0 Å². The van der Waals surface area contributed by atoms with Gasteiger partial charge in [-0.1, -0.05) is 24.6 Å². The molecule has 19 heavy (non-hydrogen) atoms. The van der Waals surface area contributed by atoms with Crippen molar-refractivity contribution in [3.8, 4) is 0 Å². The average molecular weight is 260 g/mol. The van der Waals surface area contributed by atoms with Crippen molar-refractivity contribution in [1.29, 1.82) is 0 Å². The van der Waals surface area contributed by atoms with Crippen LogP contribution in [0.4, 0.5) is 0 Å². The maximum atomic E-state index is 11.3. The maximum Gasteiger partial charge on any atom is 0.220 e. The number of hydrogen-bond donors (Lipinski definition) is 2. The van der Waals surface area contributed by atoms with Crippen molar-refractivity contribution in [2.24, 2.45) is 11.7 Å². The van der Waals surface area contributed by atoms with Crippen LogP contribution in [0.2, 0.25) is 0 Å². The molecule has 1 aliphatic rings. The SMILES string of the molecule is Cc1cccc(C)c1CN[C@H]1CCC[C@H](C(N)=O)C1. The number of carbonyl (C=O) groups excluding carboxylic acids is 1. The van der Waals surface area contributed by atoms with Gasteiger partial charge in [0.15, 0.2) is 0 Å². The summed E-state index contributed by atoms with van der Waals surface area (Å²) in [7, 11) is 0. The summed E-state index contributed by atoms with van der Waals surface area (Å²) in [4.78, 5) is 11.3. The normalized spacial score (nSPS) is 23.3. The van der Waals surface area contributed by atoms with E-state index in [0.717, 1.165) is 32.2 Å². The molecule has 0 saturated heterocycles. The predicted octanol–water partition coefficient (Wildman–Crippen LogP) is 2.44. The molecule has 1 aromatic rings. The van der Waals surface area contributed by atoms with E-state index in [1.54, 1.807) is 0 Å². The van der Waals surface area contributed by atoms with Crippen molar-refractivity contribution < 1.29 is 4.79 Å². The van der Waals surface area contributed by atoms with Crippen LogP contribution in [0.25, 0.3) is 0 Å². The third-order valence-electron chi connectivity index (χ3n) is 4.29. The smallest absolute Gasteiger partial charge is 0.220 e. The van der Waals surface area contributed by atoms with E-state index in [1.165, 1.54) is 16.7 Å². The molecule has 1 fully saturated rings. The molecule has 1 amide bonds. The zero-order valence-electron chi connectivity index (χ0n) is 11.9.